The highest BCUT2D eigenvalue weighted by atomic mass is 35.5. The molecule has 172 valence electrons. The fourth-order valence-corrected chi connectivity index (χ4v) is 3.47. The van der Waals surface area contributed by atoms with E-state index in [4.69, 9.17) is 16.3 Å². The van der Waals surface area contributed by atoms with Crippen molar-refractivity contribution < 1.29 is 32.2 Å². The summed E-state index contributed by atoms with van der Waals surface area (Å²) >= 11 is 6.00. The van der Waals surface area contributed by atoms with E-state index in [1.165, 1.54) is 21.9 Å². The molecule has 2 aromatic carbocycles. The van der Waals surface area contributed by atoms with Crippen molar-refractivity contribution in [3.05, 3.63) is 71.1 Å². The normalized spacial score (nSPS) is 15.8. The zero-order valence-corrected chi connectivity index (χ0v) is 17.6. The van der Waals surface area contributed by atoms with Crippen LogP contribution in [0.4, 0.5) is 23.7 Å². The quantitative estimate of drug-likeness (QED) is 0.688. The molecule has 4 rings (SSSR count). The number of halogens is 4. The van der Waals surface area contributed by atoms with Gasteiger partial charge in [0.25, 0.3) is 5.91 Å². The van der Waals surface area contributed by atoms with Gasteiger partial charge >= 0.3 is 18.4 Å². The number of ether oxygens (including phenoxy) is 2. The second-order valence-corrected chi connectivity index (χ2v) is 7.47. The number of nitrogens with zero attached hydrogens (tertiary/aromatic N) is 3. The molecule has 2 heterocycles. The lowest BCUT2D eigenvalue weighted by molar-refractivity contribution is -0.274. The van der Waals surface area contributed by atoms with Gasteiger partial charge in [-0.2, -0.15) is 0 Å². The Hall–Kier alpha value is -3.73. The van der Waals surface area contributed by atoms with Crippen LogP contribution >= 0.6 is 11.6 Å². The van der Waals surface area contributed by atoms with Crippen LogP contribution in [-0.4, -0.2) is 47.2 Å². The van der Waals surface area contributed by atoms with E-state index >= 15 is 0 Å². The molecule has 3 amide bonds. The van der Waals surface area contributed by atoms with Crippen LogP contribution in [0.2, 0.25) is 5.02 Å². The number of fused-ring (bicyclic) bond motifs is 1. The van der Waals surface area contributed by atoms with E-state index in [-0.39, 0.29) is 37.0 Å². The molecule has 0 spiro atoms. The number of hydrogen-bond donors (Lipinski definition) is 1. The molecule has 0 bridgehead atoms. The summed E-state index contributed by atoms with van der Waals surface area (Å²) in [5.41, 5.74) is 0.948. The Morgan fingerprint density at radius 1 is 1.18 bits per heavy atom. The molecule has 0 unspecified atom stereocenters. The van der Waals surface area contributed by atoms with Gasteiger partial charge in [-0.25, -0.2) is 4.79 Å². The summed E-state index contributed by atoms with van der Waals surface area (Å²) in [5, 5.41) is 3.03. The molecule has 12 heteroatoms. The first kappa shape index (κ1) is 22.5. The second-order valence-electron chi connectivity index (χ2n) is 7.03. The van der Waals surface area contributed by atoms with Crippen molar-refractivity contribution in [2.24, 2.45) is 4.99 Å². The number of rotatable bonds is 5. The van der Waals surface area contributed by atoms with Crippen LogP contribution in [-0.2, 0) is 16.1 Å². The summed E-state index contributed by atoms with van der Waals surface area (Å²) in [7, 11) is 0. The minimum absolute atomic E-state index is 0.0494. The van der Waals surface area contributed by atoms with Gasteiger partial charge in [-0.3, -0.25) is 9.69 Å². The first-order valence-electron chi connectivity index (χ1n) is 9.61. The van der Waals surface area contributed by atoms with Crippen molar-refractivity contribution in [1.82, 2.24) is 9.80 Å². The average molecular weight is 481 g/mol. The van der Waals surface area contributed by atoms with Crippen molar-refractivity contribution in [2.75, 3.05) is 18.4 Å². The number of anilines is 1. The number of alkyl halides is 3. The highest BCUT2D eigenvalue weighted by Gasteiger charge is 2.34. The largest absolute Gasteiger partial charge is 0.573 e. The van der Waals surface area contributed by atoms with Crippen molar-refractivity contribution in [2.45, 2.75) is 12.9 Å². The number of nitrogens with one attached hydrogen (secondary N) is 1. The highest BCUT2D eigenvalue weighted by molar-refractivity contribution is 6.30. The molecule has 0 aromatic heterocycles. The van der Waals surface area contributed by atoms with E-state index in [2.05, 4.69) is 15.0 Å². The van der Waals surface area contributed by atoms with Gasteiger partial charge in [-0.05, 0) is 29.8 Å². The molecule has 2 aromatic rings. The Balaban J connectivity index is 1.43. The highest BCUT2D eigenvalue weighted by Crippen LogP contribution is 2.26. The van der Waals surface area contributed by atoms with Gasteiger partial charge in [-0.15, -0.1) is 18.2 Å². The molecule has 0 fully saturated rings. The Bertz CT molecular complexity index is 1150. The lowest BCUT2D eigenvalue weighted by Crippen LogP contribution is -2.36. The van der Waals surface area contributed by atoms with Crippen LogP contribution in [0, 0.1) is 0 Å². The molecule has 2 aliphatic heterocycles. The zero-order chi connectivity index (χ0) is 23.6. The van der Waals surface area contributed by atoms with Gasteiger partial charge in [0.1, 0.15) is 17.7 Å². The number of benzene rings is 2. The maximum absolute atomic E-state index is 12.7. The van der Waals surface area contributed by atoms with Gasteiger partial charge in [-0.1, -0.05) is 29.8 Å². The number of carbonyl (C=O) groups excluding carboxylic acids is 2. The van der Waals surface area contributed by atoms with Gasteiger partial charge in [0.15, 0.2) is 0 Å². The molecule has 33 heavy (non-hydrogen) atoms. The fraction of sp³-hybridized carbons (Fsp3) is 0.190. The Morgan fingerprint density at radius 2 is 1.97 bits per heavy atom. The average Bonchev–Trinajstić information content (AvgIpc) is 3.05. The standard InChI is InChI=1S/C21H16ClF3N4O4/c22-14-4-1-3-13(9-14)11-28-7-8-29-17(12-32-20(29)27-19(28)31)18(30)26-15-5-2-6-16(10-15)33-21(23,24)25/h1-6,9-10,12H,7-8,11H2,(H,26,30). The Morgan fingerprint density at radius 3 is 2.73 bits per heavy atom. The summed E-state index contributed by atoms with van der Waals surface area (Å²) < 4.78 is 46.5. The minimum Gasteiger partial charge on any atom is -0.431 e. The van der Waals surface area contributed by atoms with Gasteiger partial charge < -0.3 is 19.7 Å². The Kier molecular flexibility index (Phi) is 6.14. The molecular weight excluding hydrogens is 465 g/mol. The van der Waals surface area contributed by atoms with Crippen molar-refractivity contribution in [3.8, 4) is 5.75 Å². The summed E-state index contributed by atoms with van der Waals surface area (Å²) in [6, 6.07) is 11.3. The lowest BCUT2D eigenvalue weighted by atomic mass is 10.2. The number of aliphatic imine (C=N–C) groups is 1. The summed E-state index contributed by atoms with van der Waals surface area (Å²) in [6.45, 7) is 0.712. The lowest BCUT2D eigenvalue weighted by Gasteiger charge is -2.21. The SMILES string of the molecule is O=C(Nc1cccc(OC(F)(F)F)c1)C1=COC2=NC(=O)N(Cc3cccc(Cl)c3)CCN12. The molecule has 1 N–H and O–H groups in total. The summed E-state index contributed by atoms with van der Waals surface area (Å²) in [4.78, 5) is 32.1. The number of carbonyl (C=O) groups is 2. The summed E-state index contributed by atoms with van der Waals surface area (Å²) in [5.74, 6) is -1.13. The third-order valence-corrected chi connectivity index (χ3v) is 4.91. The van der Waals surface area contributed by atoms with Crippen molar-refractivity contribution in [1.29, 1.82) is 0 Å². The first-order chi connectivity index (χ1) is 15.7. The predicted molar refractivity (Wildman–Crippen MR) is 112 cm³/mol. The van der Waals surface area contributed by atoms with E-state index in [9.17, 15) is 22.8 Å². The van der Waals surface area contributed by atoms with E-state index in [1.54, 1.807) is 18.2 Å². The smallest absolute Gasteiger partial charge is 0.431 e. The molecular formula is C21H16ClF3N4O4. The molecule has 0 radical (unpaired) electrons. The van der Waals surface area contributed by atoms with E-state index in [0.717, 1.165) is 24.0 Å². The third-order valence-electron chi connectivity index (χ3n) is 4.67. The molecule has 0 saturated carbocycles. The van der Waals surface area contributed by atoms with E-state index < -0.39 is 24.1 Å². The maximum Gasteiger partial charge on any atom is 0.573 e. The summed E-state index contributed by atoms with van der Waals surface area (Å²) in [6.07, 6.45) is -3.73. The number of urea groups is 1. The molecule has 2 aliphatic rings. The molecule has 8 nitrogen and oxygen atoms in total. The van der Waals surface area contributed by atoms with Crippen LogP contribution in [0.15, 0.2) is 65.5 Å². The number of amides is 3. The van der Waals surface area contributed by atoms with Gasteiger partial charge in [0.05, 0.1) is 0 Å². The number of amidine groups is 1. The molecule has 0 aliphatic carbocycles. The zero-order valence-electron chi connectivity index (χ0n) is 16.8. The van der Waals surface area contributed by atoms with Crippen LogP contribution in [0.5, 0.6) is 5.75 Å². The van der Waals surface area contributed by atoms with Crippen LogP contribution in [0.3, 0.4) is 0 Å². The minimum atomic E-state index is -4.86. The monoisotopic (exact) mass is 480 g/mol. The number of hydrogen-bond acceptors (Lipinski definition) is 5. The third kappa shape index (κ3) is 5.55. The first-order valence-corrected chi connectivity index (χ1v) is 9.99. The van der Waals surface area contributed by atoms with Crippen molar-refractivity contribution in [3.63, 3.8) is 0 Å². The van der Waals surface area contributed by atoms with Gasteiger partial charge in [0, 0.05) is 36.4 Å². The van der Waals surface area contributed by atoms with Crippen LogP contribution < -0.4 is 10.1 Å². The molecule has 0 atom stereocenters. The molecule has 0 saturated heterocycles. The van der Waals surface area contributed by atoms with E-state index in [0.29, 0.717) is 5.02 Å². The van der Waals surface area contributed by atoms with Crippen LogP contribution in [0.25, 0.3) is 0 Å². The fourth-order valence-electron chi connectivity index (χ4n) is 3.26. The van der Waals surface area contributed by atoms with Crippen molar-refractivity contribution >= 4 is 35.2 Å². The second kappa shape index (κ2) is 9.02. The maximum atomic E-state index is 12.7. The van der Waals surface area contributed by atoms with E-state index in [1.807, 2.05) is 6.07 Å². The van der Waals surface area contributed by atoms with Crippen LogP contribution in [0.1, 0.15) is 5.56 Å². The van der Waals surface area contributed by atoms with Gasteiger partial charge in [0.2, 0.25) is 0 Å². The predicted octanol–water partition coefficient (Wildman–Crippen LogP) is 4.34. The topological polar surface area (TPSA) is 83.5 Å². The Labute approximate surface area is 190 Å².